The average Bonchev–Trinajstić information content (AvgIpc) is 2.74. The second-order valence-electron chi connectivity index (χ2n) is 5.42. The van der Waals surface area contributed by atoms with Crippen molar-refractivity contribution in [2.75, 3.05) is 20.1 Å². The lowest BCUT2D eigenvalue weighted by Crippen LogP contribution is -2.58. The fourth-order valence-corrected chi connectivity index (χ4v) is 2.84. The minimum Gasteiger partial charge on any atom is -0.480 e. The number of nitrogens with zero attached hydrogens (tertiary/aromatic N) is 1. The number of para-hydroxylation sites is 1. The molecular formula is C15H18N2O3. The molecule has 0 unspecified atom stereocenters. The van der Waals surface area contributed by atoms with Crippen molar-refractivity contribution >= 4 is 11.8 Å². The van der Waals surface area contributed by atoms with Crippen molar-refractivity contribution in [3.05, 3.63) is 29.8 Å². The number of rotatable bonds is 2. The van der Waals surface area contributed by atoms with Gasteiger partial charge in [0.2, 0.25) is 5.91 Å². The van der Waals surface area contributed by atoms with Crippen LogP contribution in [0.5, 0.6) is 5.75 Å². The molecule has 2 aliphatic rings. The summed E-state index contributed by atoms with van der Waals surface area (Å²) < 4.78 is 5.77. The van der Waals surface area contributed by atoms with Crippen molar-refractivity contribution in [2.45, 2.75) is 18.9 Å². The van der Waals surface area contributed by atoms with Gasteiger partial charge in [-0.25, -0.2) is 0 Å². The molecule has 1 N–H and O–H groups in total. The van der Waals surface area contributed by atoms with E-state index in [0.29, 0.717) is 13.1 Å². The fraction of sp³-hybridized carbons (Fsp3) is 0.467. The molecule has 1 fully saturated rings. The van der Waals surface area contributed by atoms with Crippen LogP contribution in [0.2, 0.25) is 0 Å². The Morgan fingerprint density at radius 1 is 1.30 bits per heavy atom. The Bertz CT molecular complexity index is 552. The van der Waals surface area contributed by atoms with Crippen LogP contribution in [0.1, 0.15) is 18.4 Å². The summed E-state index contributed by atoms with van der Waals surface area (Å²) in [4.78, 5) is 25.6. The van der Waals surface area contributed by atoms with Crippen LogP contribution in [0.3, 0.4) is 0 Å². The molecule has 0 aromatic heterocycles. The van der Waals surface area contributed by atoms with E-state index < -0.39 is 6.10 Å². The van der Waals surface area contributed by atoms with E-state index >= 15 is 0 Å². The summed E-state index contributed by atoms with van der Waals surface area (Å²) in [6, 6.07) is 7.75. The summed E-state index contributed by atoms with van der Waals surface area (Å²) in [5, 5.41) is 2.61. The molecule has 3 rings (SSSR count). The van der Waals surface area contributed by atoms with Crippen LogP contribution in [-0.4, -0.2) is 43.0 Å². The van der Waals surface area contributed by atoms with Crippen LogP contribution in [-0.2, 0) is 9.59 Å². The SMILES string of the molecule is CNC(=O)C1CN(C(=O)[C@@H]2Oc3ccccc3[C@@H]2C)C1. The zero-order valence-electron chi connectivity index (χ0n) is 11.6. The third-order valence-electron chi connectivity index (χ3n) is 4.17. The van der Waals surface area contributed by atoms with Gasteiger partial charge in [-0.3, -0.25) is 9.59 Å². The molecule has 2 aliphatic heterocycles. The molecule has 0 spiro atoms. The molecule has 0 saturated carbocycles. The molecule has 0 aliphatic carbocycles. The number of ether oxygens (including phenoxy) is 1. The summed E-state index contributed by atoms with van der Waals surface area (Å²) in [6.45, 7) is 2.98. The summed E-state index contributed by atoms with van der Waals surface area (Å²) >= 11 is 0. The van der Waals surface area contributed by atoms with Gasteiger partial charge in [0.15, 0.2) is 6.10 Å². The maximum Gasteiger partial charge on any atom is 0.264 e. The molecule has 2 amide bonds. The molecule has 2 atom stereocenters. The first-order valence-electron chi connectivity index (χ1n) is 6.87. The van der Waals surface area contributed by atoms with E-state index in [4.69, 9.17) is 4.74 Å². The highest BCUT2D eigenvalue weighted by Crippen LogP contribution is 2.38. The molecule has 1 aromatic rings. The number of fused-ring (bicyclic) bond motifs is 1. The highest BCUT2D eigenvalue weighted by atomic mass is 16.5. The van der Waals surface area contributed by atoms with Crippen LogP contribution >= 0.6 is 0 Å². The van der Waals surface area contributed by atoms with Crippen molar-refractivity contribution in [2.24, 2.45) is 5.92 Å². The number of likely N-dealkylation sites (tertiary alicyclic amines) is 1. The molecule has 20 heavy (non-hydrogen) atoms. The number of benzene rings is 1. The minimum atomic E-state index is -0.460. The Hall–Kier alpha value is -2.04. The summed E-state index contributed by atoms with van der Waals surface area (Å²) in [6.07, 6.45) is -0.460. The lowest BCUT2D eigenvalue weighted by atomic mass is 9.93. The van der Waals surface area contributed by atoms with Gasteiger partial charge in [-0.1, -0.05) is 25.1 Å². The second-order valence-corrected chi connectivity index (χ2v) is 5.42. The van der Waals surface area contributed by atoms with Crippen molar-refractivity contribution in [1.29, 1.82) is 0 Å². The van der Waals surface area contributed by atoms with E-state index in [0.717, 1.165) is 11.3 Å². The molecule has 5 nitrogen and oxygen atoms in total. The minimum absolute atomic E-state index is 0.00211. The number of hydrogen-bond donors (Lipinski definition) is 1. The lowest BCUT2D eigenvalue weighted by molar-refractivity contribution is -0.148. The van der Waals surface area contributed by atoms with E-state index in [1.807, 2.05) is 31.2 Å². The molecule has 106 valence electrons. The highest BCUT2D eigenvalue weighted by molar-refractivity contribution is 5.87. The van der Waals surface area contributed by atoms with Gasteiger partial charge >= 0.3 is 0 Å². The summed E-state index contributed by atoms with van der Waals surface area (Å²) in [5.74, 6) is 0.745. The Morgan fingerprint density at radius 2 is 2.00 bits per heavy atom. The Kier molecular flexibility index (Phi) is 3.12. The van der Waals surface area contributed by atoms with Crippen molar-refractivity contribution in [1.82, 2.24) is 10.2 Å². The zero-order valence-corrected chi connectivity index (χ0v) is 11.6. The monoisotopic (exact) mass is 274 g/mol. The summed E-state index contributed by atoms with van der Waals surface area (Å²) in [5.41, 5.74) is 1.08. The van der Waals surface area contributed by atoms with Crippen molar-refractivity contribution in [3.8, 4) is 5.75 Å². The van der Waals surface area contributed by atoms with Gasteiger partial charge in [0.1, 0.15) is 5.75 Å². The standard InChI is InChI=1S/C15H18N2O3/c1-9-11-5-3-4-6-12(11)20-13(9)15(19)17-7-10(8-17)14(18)16-2/h3-6,9-10,13H,7-8H2,1-2H3,(H,16,18)/t9-,13+/m0/s1. The lowest BCUT2D eigenvalue weighted by Gasteiger charge is -2.39. The first-order valence-corrected chi connectivity index (χ1v) is 6.87. The average molecular weight is 274 g/mol. The highest BCUT2D eigenvalue weighted by Gasteiger charge is 2.43. The van der Waals surface area contributed by atoms with Crippen molar-refractivity contribution in [3.63, 3.8) is 0 Å². The maximum absolute atomic E-state index is 12.4. The van der Waals surface area contributed by atoms with Gasteiger partial charge in [0, 0.05) is 31.6 Å². The van der Waals surface area contributed by atoms with Gasteiger partial charge < -0.3 is 15.0 Å². The molecule has 1 aromatic carbocycles. The van der Waals surface area contributed by atoms with E-state index in [2.05, 4.69) is 5.32 Å². The first kappa shape index (κ1) is 13.0. The number of nitrogens with one attached hydrogen (secondary N) is 1. The predicted octanol–water partition coefficient (Wildman–Crippen LogP) is 0.756. The largest absolute Gasteiger partial charge is 0.480 e. The third-order valence-corrected chi connectivity index (χ3v) is 4.17. The predicted molar refractivity (Wildman–Crippen MR) is 73.4 cm³/mol. The van der Waals surface area contributed by atoms with Crippen LogP contribution in [0, 0.1) is 5.92 Å². The van der Waals surface area contributed by atoms with Gasteiger partial charge in [-0.2, -0.15) is 0 Å². The molecular weight excluding hydrogens is 256 g/mol. The Labute approximate surface area is 117 Å². The second kappa shape index (κ2) is 4.81. The van der Waals surface area contributed by atoms with Gasteiger partial charge in [-0.15, -0.1) is 0 Å². The zero-order chi connectivity index (χ0) is 14.3. The topological polar surface area (TPSA) is 58.6 Å². The number of amides is 2. The molecule has 2 heterocycles. The van der Waals surface area contributed by atoms with Crippen LogP contribution in [0.4, 0.5) is 0 Å². The normalized spacial score (nSPS) is 24.6. The fourth-order valence-electron chi connectivity index (χ4n) is 2.84. The van der Waals surface area contributed by atoms with Gasteiger partial charge in [-0.05, 0) is 6.07 Å². The van der Waals surface area contributed by atoms with Gasteiger partial charge in [0.25, 0.3) is 5.91 Å². The van der Waals surface area contributed by atoms with E-state index in [1.165, 1.54) is 0 Å². The van der Waals surface area contributed by atoms with E-state index in [1.54, 1.807) is 11.9 Å². The van der Waals surface area contributed by atoms with Gasteiger partial charge in [0.05, 0.1) is 5.92 Å². The summed E-state index contributed by atoms with van der Waals surface area (Å²) in [7, 11) is 1.62. The molecule has 5 heteroatoms. The smallest absolute Gasteiger partial charge is 0.264 e. The van der Waals surface area contributed by atoms with Crippen LogP contribution in [0.25, 0.3) is 0 Å². The molecule has 0 radical (unpaired) electrons. The number of hydrogen-bond acceptors (Lipinski definition) is 3. The Morgan fingerprint density at radius 3 is 2.65 bits per heavy atom. The maximum atomic E-state index is 12.4. The quantitative estimate of drug-likeness (QED) is 0.866. The van der Waals surface area contributed by atoms with E-state index in [9.17, 15) is 9.59 Å². The first-order chi connectivity index (χ1) is 9.61. The van der Waals surface area contributed by atoms with Crippen molar-refractivity contribution < 1.29 is 14.3 Å². The molecule has 1 saturated heterocycles. The Balaban J connectivity index is 1.65. The molecule has 0 bridgehead atoms. The van der Waals surface area contributed by atoms with Crippen LogP contribution < -0.4 is 10.1 Å². The van der Waals surface area contributed by atoms with E-state index in [-0.39, 0.29) is 23.7 Å². The van der Waals surface area contributed by atoms with Crippen LogP contribution in [0.15, 0.2) is 24.3 Å². The third kappa shape index (κ3) is 1.94. The number of carbonyl (C=O) groups is 2. The number of carbonyl (C=O) groups excluding carboxylic acids is 2.